The van der Waals surface area contributed by atoms with E-state index in [-0.39, 0.29) is 0 Å². The molecule has 5 nitrogen and oxygen atoms in total. The first-order valence-electron chi connectivity index (χ1n) is 7.42. The number of rotatable bonds is 6. The van der Waals surface area contributed by atoms with E-state index in [1.807, 2.05) is 36.1 Å². The third-order valence-corrected chi connectivity index (χ3v) is 3.91. The van der Waals surface area contributed by atoms with Crippen molar-refractivity contribution in [3.05, 3.63) is 47.5 Å². The van der Waals surface area contributed by atoms with Crippen LogP contribution in [0.25, 0.3) is 11.0 Å². The van der Waals surface area contributed by atoms with Gasteiger partial charge in [-0.3, -0.25) is 4.68 Å². The van der Waals surface area contributed by atoms with E-state index >= 15 is 0 Å². The fourth-order valence-corrected chi connectivity index (χ4v) is 2.70. The quantitative estimate of drug-likeness (QED) is 0.757. The van der Waals surface area contributed by atoms with Gasteiger partial charge in [0, 0.05) is 24.6 Å². The van der Waals surface area contributed by atoms with Crippen LogP contribution in [0.2, 0.25) is 0 Å². The number of hydrogen-bond acceptors (Lipinski definition) is 4. The van der Waals surface area contributed by atoms with Crippen molar-refractivity contribution in [2.75, 3.05) is 19.0 Å². The fraction of sp³-hybridized carbons (Fsp3) is 0.353. The van der Waals surface area contributed by atoms with Gasteiger partial charge in [-0.05, 0) is 19.9 Å². The summed E-state index contributed by atoms with van der Waals surface area (Å²) in [5.74, 6) is 0. The molecule has 0 bridgehead atoms. The first-order chi connectivity index (χ1) is 10.7. The average molecular weight is 299 g/mol. The van der Waals surface area contributed by atoms with Crippen LogP contribution in [0.5, 0.6) is 0 Å². The molecule has 2 heterocycles. The van der Waals surface area contributed by atoms with Gasteiger partial charge in [-0.15, -0.1) is 0 Å². The van der Waals surface area contributed by atoms with Crippen LogP contribution in [-0.2, 0) is 17.8 Å². The van der Waals surface area contributed by atoms with E-state index in [1.165, 1.54) is 0 Å². The van der Waals surface area contributed by atoms with Crippen molar-refractivity contribution in [1.29, 1.82) is 0 Å². The van der Waals surface area contributed by atoms with E-state index in [4.69, 9.17) is 9.15 Å². The van der Waals surface area contributed by atoms with Gasteiger partial charge in [0.25, 0.3) is 0 Å². The number of nitrogens with zero attached hydrogens (tertiary/aromatic N) is 2. The lowest BCUT2D eigenvalue weighted by atomic mass is 10.2. The van der Waals surface area contributed by atoms with Crippen LogP contribution in [0.1, 0.15) is 17.0 Å². The highest BCUT2D eigenvalue weighted by Crippen LogP contribution is 2.24. The minimum absolute atomic E-state index is 0.660. The number of methoxy groups -OCH3 is 1. The molecule has 3 aromatic rings. The summed E-state index contributed by atoms with van der Waals surface area (Å²) in [7, 11) is 1.70. The largest absolute Gasteiger partial charge is 0.464 e. The summed E-state index contributed by atoms with van der Waals surface area (Å²) in [5, 5.41) is 9.20. The molecule has 0 saturated heterocycles. The Balaban J connectivity index is 1.77. The lowest BCUT2D eigenvalue weighted by Crippen LogP contribution is -2.08. The number of nitrogens with one attached hydrogen (secondary N) is 1. The molecule has 0 spiro atoms. The highest BCUT2D eigenvalue weighted by atomic mass is 16.5. The summed E-state index contributed by atoms with van der Waals surface area (Å²) in [6, 6.07) is 8.08. The zero-order valence-corrected chi connectivity index (χ0v) is 13.2. The van der Waals surface area contributed by atoms with Gasteiger partial charge in [-0.25, -0.2) is 0 Å². The van der Waals surface area contributed by atoms with Crippen LogP contribution in [0.3, 0.4) is 0 Å². The number of aryl methyl sites for hydroxylation is 1. The second kappa shape index (κ2) is 6.23. The predicted octanol–water partition coefficient (Wildman–Crippen LogP) is 3.50. The van der Waals surface area contributed by atoms with Crippen molar-refractivity contribution in [3.63, 3.8) is 0 Å². The smallest absolute Gasteiger partial charge is 0.134 e. The summed E-state index contributed by atoms with van der Waals surface area (Å²) < 4.78 is 12.7. The van der Waals surface area contributed by atoms with Crippen LogP contribution in [0.15, 0.2) is 34.9 Å². The van der Waals surface area contributed by atoms with Gasteiger partial charge in [0.15, 0.2) is 0 Å². The molecule has 5 heteroatoms. The van der Waals surface area contributed by atoms with E-state index in [0.717, 1.165) is 40.2 Å². The molecule has 116 valence electrons. The van der Waals surface area contributed by atoms with E-state index in [9.17, 15) is 0 Å². The Labute approximate surface area is 129 Å². The van der Waals surface area contributed by atoms with Crippen LogP contribution in [-0.4, -0.2) is 23.5 Å². The molecule has 0 amide bonds. The van der Waals surface area contributed by atoms with Crippen LogP contribution >= 0.6 is 0 Å². The molecule has 2 aromatic heterocycles. The van der Waals surface area contributed by atoms with Crippen LogP contribution in [0, 0.1) is 13.8 Å². The third-order valence-electron chi connectivity index (χ3n) is 3.91. The Kier molecular flexibility index (Phi) is 4.15. The van der Waals surface area contributed by atoms with Gasteiger partial charge in [0.1, 0.15) is 5.58 Å². The Morgan fingerprint density at radius 3 is 2.91 bits per heavy atom. The normalized spacial score (nSPS) is 11.2. The number of aromatic nitrogens is 2. The van der Waals surface area contributed by atoms with Gasteiger partial charge < -0.3 is 14.5 Å². The van der Waals surface area contributed by atoms with Crippen molar-refractivity contribution >= 4 is 16.7 Å². The molecule has 1 N–H and O–H groups in total. The molecule has 0 atom stereocenters. The predicted molar refractivity (Wildman–Crippen MR) is 87.1 cm³/mol. The lowest BCUT2D eigenvalue weighted by Gasteiger charge is -2.07. The summed E-state index contributed by atoms with van der Waals surface area (Å²) in [4.78, 5) is 0. The standard InChI is InChI=1S/C17H21N3O2/c1-12-17(13(2)20(19-12)8-9-21-3)18-10-14-11-22-16-7-5-4-6-15(14)16/h4-7,11,18H,8-10H2,1-3H3. The molecular weight excluding hydrogens is 278 g/mol. The highest BCUT2D eigenvalue weighted by Gasteiger charge is 2.12. The summed E-state index contributed by atoms with van der Waals surface area (Å²) in [6.07, 6.45) is 1.82. The van der Waals surface area contributed by atoms with Gasteiger partial charge >= 0.3 is 0 Å². The van der Waals surface area contributed by atoms with Crippen LogP contribution < -0.4 is 5.32 Å². The molecule has 0 aliphatic rings. The summed E-state index contributed by atoms with van der Waals surface area (Å²) in [6.45, 7) is 6.24. The molecule has 0 fully saturated rings. The molecule has 0 unspecified atom stereocenters. The van der Waals surface area contributed by atoms with Crippen molar-refractivity contribution < 1.29 is 9.15 Å². The van der Waals surface area contributed by atoms with Gasteiger partial charge in [0.2, 0.25) is 0 Å². The number of anilines is 1. The molecule has 22 heavy (non-hydrogen) atoms. The summed E-state index contributed by atoms with van der Waals surface area (Å²) in [5.41, 5.74) is 5.28. The number of fused-ring (bicyclic) bond motifs is 1. The average Bonchev–Trinajstić information content (AvgIpc) is 3.05. The van der Waals surface area contributed by atoms with Crippen LogP contribution in [0.4, 0.5) is 5.69 Å². The molecule has 0 saturated carbocycles. The minimum atomic E-state index is 0.660. The monoisotopic (exact) mass is 299 g/mol. The Hall–Kier alpha value is -2.27. The first-order valence-corrected chi connectivity index (χ1v) is 7.42. The number of para-hydroxylation sites is 1. The Bertz CT molecular complexity index is 773. The Morgan fingerprint density at radius 2 is 2.09 bits per heavy atom. The van der Waals surface area contributed by atoms with Gasteiger partial charge in [0.05, 0.1) is 36.5 Å². The fourth-order valence-electron chi connectivity index (χ4n) is 2.70. The number of benzene rings is 1. The van der Waals surface area contributed by atoms with E-state index in [1.54, 1.807) is 7.11 Å². The zero-order chi connectivity index (χ0) is 15.5. The SMILES string of the molecule is COCCn1nc(C)c(NCc2coc3ccccc23)c1C. The molecule has 0 aliphatic heterocycles. The number of ether oxygens (including phenoxy) is 1. The van der Waals surface area contributed by atoms with Crippen molar-refractivity contribution in [2.45, 2.75) is 26.9 Å². The number of hydrogen-bond donors (Lipinski definition) is 1. The van der Waals surface area contributed by atoms with E-state index < -0.39 is 0 Å². The van der Waals surface area contributed by atoms with E-state index in [2.05, 4.69) is 23.4 Å². The zero-order valence-electron chi connectivity index (χ0n) is 13.2. The second-order valence-corrected chi connectivity index (χ2v) is 5.37. The molecular formula is C17H21N3O2. The van der Waals surface area contributed by atoms with Crippen molar-refractivity contribution in [2.24, 2.45) is 0 Å². The second-order valence-electron chi connectivity index (χ2n) is 5.37. The maximum absolute atomic E-state index is 5.58. The lowest BCUT2D eigenvalue weighted by molar-refractivity contribution is 0.182. The van der Waals surface area contributed by atoms with Crippen molar-refractivity contribution in [1.82, 2.24) is 9.78 Å². The topological polar surface area (TPSA) is 52.2 Å². The maximum atomic E-state index is 5.58. The summed E-state index contributed by atoms with van der Waals surface area (Å²) >= 11 is 0. The molecule has 0 aliphatic carbocycles. The maximum Gasteiger partial charge on any atom is 0.134 e. The molecule has 3 rings (SSSR count). The molecule has 1 aromatic carbocycles. The van der Waals surface area contributed by atoms with Crippen molar-refractivity contribution in [3.8, 4) is 0 Å². The third kappa shape index (κ3) is 2.72. The minimum Gasteiger partial charge on any atom is -0.464 e. The van der Waals surface area contributed by atoms with Gasteiger partial charge in [-0.2, -0.15) is 5.10 Å². The highest BCUT2D eigenvalue weighted by molar-refractivity contribution is 5.81. The van der Waals surface area contributed by atoms with E-state index in [0.29, 0.717) is 13.2 Å². The molecule has 0 radical (unpaired) electrons. The Morgan fingerprint density at radius 1 is 1.27 bits per heavy atom. The van der Waals surface area contributed by atoms with Gasteiger partial charge in [-0.1, -0.05) is 18.2 Å². The first kappa shape index (κ1) is 14.7. The number of furan rings is 1.